The first-order valence-corrected chi connectivity index (χ1v) is 10.5. The number of nitrogens with one attached hydrogen (secondary N) is 2. The van der Waals surface area contributed by atoms with Crippen molar-refractivity contribution in [3.8, 4) is 0 Å². The fraction of sp³-hybridized carbons (Fsp3) is 0.458. The van der Waals surface area contributed by atoms with Crippen LogP contribution in [-0.4, -0.2) is 36.5 Å². The molecule has 30 heavy (non-hydrogen) atoms. The number of amides is 2. The van der Waals surface area contributed by atoms with Crippen LogP contribution >= 0.6 is 0 Å². The van der Waals surface area contributed by atoms with E-state index in [2.05, 4.69) is 10.6 Å². The largest absolute Gasteiger partial charge is 0.454 e. The van der Waals surface area contributed by atoms with Crippen LogP contribution in [0.1, 0.15) is 46.1 Å². The lowest BCUT2D eigenvalue weighted by molar-refractivity contribution is -0.152. The van der Waals surface area contributed by atoms with E-state index < -0.39 is 12.0 Å². The van der Waals surface area contributed by atoms with Crippen LogP contribution in [0.3, 0.4) is 0 Å². The number of rotatable bonds is 10. The normalized spacial score (nSPS) is 13.0. The lowest BCUT2D eigenvalue weighted by Gasteiger charge is -2.21. The van der Waals surface area contributed by atoms with Gasteiger partial charge in [-0.05, 0) is 35.6 Å². The molecule has 0 aliphatic heterocycles. The van der Waals surface area contributed by atoms with Crippen LogP contribution in [0.25, 0.3) is 10.8 Å². The maximum Gasteiger partial charge on any atom is 0.329 e. The average Bonchev–Trinajstić information content (AvgIpc) is 2.70. The quantitative estimate of drug-likeness (QED) is 0.586. The molecule has 0 bridgehead atoms. The van der Waals surface area contributed by atoms with Gasteiger partial charge in [0, 0.05) is 6.04 Å². The minimum atomic E-state index is -0.812. The number of benzene rings is 2. The molecular formula is C24H32N2O4. The molecule has 2 atom stereocenters. The van der Waals surface area contributed by atoms with Crippen molar-refractivity contribution in [2.75, 3.05) is 6.61 Å². The van der Waals surface area contributed by atoms with Crippen molar-refractivity contribution < 1.29 is 19.1 Å². The first kappa shape index (κ1) is 23.4. The SMILES string of the molecule is CCCC(C)NC(=O)COC(=O)C(NC(=O)Cc1cccc2ccccc12)C(C)C. The van der Waals surface area contributed by atoms with Crippen molar-refractivity contribution in [3.63, 3.8) is 0 Å². The van der Waals surface area contributed by atoms with Gasteiger partial charge in [0.05, 0.1) is 6.42 Å². The van der Waals surface area contributed by atoms with E-state index in [9.17, 15) is 14.4 Å². The summed E-state index contributed by atoms with van der Waals surface area (Å²) in [4.78, 5) is 37.1. The molecular weight excluding hydrogens is 380 g/mol. The Kier molecular flexibility index (Phi) is 8.84. The summed E-state index contributed by atoms with van der Waals surface area (Å²) >= 11 is 0. The van der Waals surface area contributed by atoms with E-state index in [-0.39, 0.29) is 36.8 Å². The molecule has 0 aliphatic carbocycles. The fourth-order valence-corrected chi connectivity index (χ4v) is 3.39. The molecule has 2 N–H and O–H groups in total. The molecule has 6 heteroatoms. The van der Waals surface area contributed by atoms with Gasteiger partial charge in [0.1, 0.15) is 6.04 Å². The van der Waals surface area contributed by atoms with Crippen molar-refractivity contribution in [1.82, 2.24) is 10.6 Å². The molecule has 2 unspecified atom stereocenters. The Morgan fingerprint density at radius 1 is 0.933 bits per heavy atom. The van der Waals surface area contributed by atoms with Crippen molar-refractivity contribution in [3.05, 3.63) is 48.0 Å². The standard InChI is InChI=1S/C24H32N2O4/c1-5-9-17(4)25-22(28)15-30-24(29)23(16(2)3)26-21(27)14-19-12-8-11-18-10-6-7-13-20(18)19/h6-8,10-13,16-17,23H,5,9,14-15H2,1-4H3,(H,25,28)(H,26,27). The maximum absolute atomic E-state index is 12.6. The van der Waals surface area contributed by atoms with Gasteiger partial charge in [0.25, 0.3) is 5.91 Å². The molecule has 2 amide bonds. The molecule has 2 aromatic rings. The van der Waals surface area contributed by atoms with Gasteiger partial charge in [-0.1, -0.05) is 69.7 Å². The molecule has 0 spiro atoms. The summed E-state index contributed by atoms with van der Waals surface area (Å²) in [5.41, 5.74) is 0.894. The van der Waals surface area contributed by atoms with E-state index in [4.69, 9.17) is 4.74 Å². The Morgan fingerprint density at radius 2 is 1.63 bits per heavy atom. The van der Waals surface area contributed by atoms with E-state index in [1.54, 1.807) is 0 Å². The number of fused-ring (bicyclic) bond motifs is 1. The zero-order valence-corrected chi connectivity index (χ0v) is 18.2. The van der Waals surface area contributed by atoms with E-state index >= 15 is 0 Å². The summed E-state index contributed by atoms with van der Waals surface area (Å²) in [7, 11) is 0. The molecule has 0 aliphatic rings. The van der Waals surface area contributed by atoms with Crippen molar-refractivity contribution in [2.45, 2.75) is 59.0 Å². The molecule has 0 heterocycles. The van der Waals surface area contributed by atoms with Gasteiger partial charge in [-0.15, -0.1) is 0 Å². The van der Waals surface area contributed by atoms with Crippen molar-refractivity contribution >= 4 is 28.6 Å². The first-order chi connectivity index (χ1) is 14.3. The van der Waals surface area contributed by atoms with E-state index in [1.807, 2.05) is 70.2 Å². The highest BCUT2D eigenvalue weighted by Gasteiger charge is 2.26. The van der Waals surface area contributed by atoms with Crippen LogP contribution in [0.5, 0.6) is 0 Å². The van der Waals surface area contributed by atoms with Gasteiger partial charge in [-0.2, -0.15) is 0 Å². The van der Waals surface area contributed by atoms with Crippen molar-refractivity contribution in [2.24, 2.45) is 5.92 Å². The molecule has 0 aromatic heterocycles. The second-order valence-corrected chi connectivity index (χ2v) is 7.97. The summed E-state index contributed by atoms with van der Waals surface area (Å²) in [6.45, 7) is 7.25. The average molecular weight is 413 g/mol. The smallest absolute Gasteiger partial charge is 0.329 e. The highest BCUT2D eigenvalue weighted by Crippen LogP contribution is 2.19. The van der Waals surface area contributed by atoms with Crippen LogP contribution in [-0.2, 0) is 25.5 Å². The predicted molar refractivity (Wildman–Crippen MR) is 118 cm³/mol. The van der Waals surface area contributed by atoms with Gasteiger partial charge >= 0.3 is 5.97 Å². The summed E-state index contributed by atoms with van der Waals surface area (Å²) in [6.07, 6.45) is 1.98. The Morgan fingerprint density at radius 3 is 2.33 bits per heavy atom. The van der Waals surface area contributed by atoms with Gasteiger partial charge < -0.3 is 15.4 Å². The summed E-state index contributed by atoms with van der Waals surface area (Å²) < 4.78 is 5.16. The van der Waals surface area contributed by atoms with Gasteiger partial charge in [0.15, 0.2) is 6.61 Å². The summed E-state index contributed by atoms with van der Waals surface area (Å²) in [6, 6.07) is 12.9. The summed E-state index contributed by atoms with van der Waals surface area (Å²) in [5.74, 6) is -1.37. The molecule has 162 valence electrons. The topological polar surface area (TPSA) is 84.5 Å². The first-order valence-electron chi connectivity index (χ1n) is 10.5. The molecule has 0 fully saturated rings. The summed E-state index contributed by atoms with van der Waals surface area (Å²) in [5, 5.41) is 7.63. The van der Waals surface area contributed by atoms with Crippen LogP contribution in [0.2, 0.25) is 0 Å². The third kappa shape index (κ3) is 6.87. The number of carbonyl (C=O) groups excluding carboxylic acids is 3. The Labute approximate surface area is 178 Å². The number of hydrogen-bond acceptors (Lipinski definition) is 4. The van der Waals surface area contributed by atoms with Gasteiger partial charge in [-0.3, -0.25) is 9.59 Å². The Hall–Kier alpha value is -2.89. The molecule has 2 aromatic carbocycles. The lowest BCUT2D eigenvalue weighted by Crippen LogP contribution is -2.47. The minimum absolute atomic E-state index is 0.0301. The second kappa shape index (κ2) is 11.3. The second-order valence-electron chi connectivity index (χ2n) is 7.97. The van der Waals surface area contributed by atoms with Gasteiger partial charge in [-0.25, -0.2) is 4.79 Å². The maximum atomic E-state index is 12.6. The van der Waals surface area contributed by atoms with Crippen LogP contribution in [0.4, 0.5) is 0 Å². The van der Waals surface area contributed by atoms with E-state index in [0.29, 0.717) is 0 Å². The van der Waals surface area contributed by atoms with E-state index in [0.717, 1.165) is 29.2 Å². The highest BCUT2D eigenvalue weighted by atomic mass is 16.5. The van der Waals surface area contributed by atoms with Crippen LogP contribution in [0, 0.1) is 5.92 Å². The third-order valence-electron chi connectivity index (χ3n) is 4.94. The lowest BCUT2D eigenvalue weighted by atomic mass is 10.0. The molecule has 0 saturated carbocycles. The van der Waals surface area contributed by atoms with Crippen LogP contribution < -0.4 is 10.6 Å². The Bertz CT molecular complexity index is 873. The van der Waals surface area contributed by atoms with Gasteiger partial charge in [0.2, 0.25) is 5.91 Å². The highest BCUT2D eigenvalue weighted by molar-refractivity contribution is 5.92. The van der Waals surface area contributed by atoms with E-state index in [1.165, 1.54) is 0 Å². The van der Waals surface area contributed by atoms with Crippen LogP contribution in [0.15, 0.2) is 42.5 Å². The fourth-order valence-electron chi connectivity index (χ4n) is 3.39. The Balaban J connectivity index is 1.95. The number of ether oxygens (including phenoxy) is 1. The zero-order chi connectivity index (χ0) is 22.1. The predicted octanol–water partition coefficient (Wildman–Crippen LogP) is 3.37. The van der Waals surface area contributed by atoms with Crippen molar-refractivity contribution in [1.29, 1.82) is 0 Å². The third-order valence-corrected chi connectivity index (χ3v) is 4.94. The zero-order valence-electron chi connectivity index (χ0n) is 18.2. The minimum Gasteiger partial charge on any atom is -0.454 e. The number of hydrogen-bond donors (Lipinski definition) is 2. The molecule has 0 radical (unpaired) electrons. The molecule has 2 rings (SSSR count). The molecule has 6 nitrogen and oxygen atoms in total. The monoisotopic (exact) mass is 412 g/mol. The number of esters is 1. The number of carbonyl (C=O) groups is 3. The molecule has 0 saturated heterocycles.